The van der Waals surface area contributed by atoms with E-state index in [-0.39, 0.29) is 0 Å². The van der Waals surface area contributed by atoms with Gasteiger partial charge in [0.1, 0.15) is 0 Å². The zero-order valence-corrected chi connectivity index (χ0v) is 13.3. The summed E-state index contributed by atoms with van der Waals surface area (Å²) in [5, 5.41) is 0. The van der Waals surface area contributed by atoms with Crippen molar-refractivity contribution in [2.45, 2.75) is 6.42 Å². The van der Waals surface area contributed by atoms with Crippen molar-refractivity contribution in [1.29, 1.82) is 0 Å². The average molecular weight is 307 g/mol. The standard InChI is InChI=1S/C23H17N/c1-3-9-17(10-4-1)20-16-22(18-11-5-2-6-12-18)24-21-14-8-7-13-19(21)15-23(20)24/h1-14,16H,15H2. The van der Waals surface area contributed by atoms with Crippen LogP contribution in [-0.4, -0.2) is 4.57 Å². The molecule has 3 aromatic carbocycles. The Morgan fingerprint density at radius 3 is 2.00 bits per heavy atom. The summed E-state index contributed by atoms with van der Waals surface area (Å²) in [4.78, 5) is 0. The first-order chi connectivity index (χ1) is 11.9. The van der Waals surface area contributed by atoms with E-state index in [0.717, 1.165) is 6.42 Å². The van der Waals surface area contributed by atoms with Crippen LogP contribution in [0.2, 0.25) is 0 Å². The molecule has 0 atom stereocenters. The maximum Gasteiger partial charge on any atom is 0.0538 e. The van der Waals surface area contributed by atoms with E-state index in [1.807, 2.05) is 0 Å². The lowest BCUT2D eigenvalue weighted by Crippen LogP contribution is -1.94. The van der Waals surface area contributed by atoms with Gasteiger partial charge in [-0.3, -0.25) is 0 Å². The molecule has 1 aliphatic heterocycles. The molecule has 0 saturated heterocycles. The van der Waals surface area contributed by atoms with Crippen LogP contribution in [0.3, 0.4) is 0 Å². The van der Waals surface area contributed by atoms with Crippen LogP contribution in [0.4, 0.5) is 0 Å². The second-order valence-electron chi connectivity index (χ2n) is 6.26. The minimum atomic E-state index is 0.993. The van der Waals surface area contributed by atoms with Crippen LogP contribution >= 0.6 is 0 Å². The lowest BCUT2D eigenvalue weighted by Gasteiger charge is -2.08. The van der Waals surface area contributed by atoms with E-state index in [0.29, 0.717) is 0 Å². The van der Waals surface area contributed by atoms with Crippen LogP contribution in [0.15, 0.2) is 91.0 Å². The van der Waals surface area contributed by atoms with Gasteiger partial charge in [0.2, 0.25) is 0 Å². The normalized spacial score (nSPS) is 12.0. The van der Waals surface area contributed by atoms with Crippen molar-refractivity contribution >= 4 is 0 Å². The number of hydrogen-bond acceptors (Lipinski definition) is 0. The highest BCUT2D eigenvalue weighted by Gasteiger charge is 2.25. The maximum atomic E-state index is 2.44. The molecule has 0 N–H and O–H groups in total. The van der Waals surface area contributed by atoms with Gasteiger partial charge in [-0.05, 0) is 28.8 Å². The van der Waals surface area contributed by atoms with E-state index in [9.17, 15) is 0 Å². The fraction of sp³-hybridized carbons (Fsp3) is 0.0435. The Labute approximate surface area is 141 Å². The van der Waals surface area contributed by atoms with Crippen molar-refractivity contribution in [3.8, 4) is 28.1 Å². The van der Waals surface area contributed by atoms with Crippen LogP contribution in [0.25, 0.3) is 28.1 Å². The molecular formula is C23H17N. The van der Waals surface area contributed by atoms with E-state index in [4.69, 9.17) is 0 Å². The predicted molar refractivity (Wildman–Crippen MR) is 99.4 cm³/mol. The van der Waals surface area contributed by atoms with Crippen molar-refractivity contribution in [2.24, 2.45) is 0 Å². The molecule has 0 amide bonds. The zero-order chi connectivity index (χ0) is 15.9. The Bertz CT molecular complexity index is 1010. The molecule has 4 aromatic rings. The summed E-state index contributed by atoms with van der Waals surface area (Å²) < 4.78 is 2.44. The van der Waals surface area contributed by atoms with Gasteiger partial charge in [0.25, 0.3) is 0 Å². The topological polar surface area (TPSA) is 4.93 Å². The molecule has 114 valence electrons. The fourth-order valence-corrected chi connectivity index (χ4v) is 3.75. The third-order valence-corrected chi connectivity index (χ3v) is 4.85. The highest BCUT2D eigenvalue weighted by Crippen LogP contribution is 2.41. The smallest absolute Gasteiger partial charge is 0.0538 e. The van der Waals surface area contributed by atoms with E-state index < -0.39 is 0 Å². The molecule has 0 unspecified atom stereocenters. The minimum Gasteiger partial charge on any atom is -0.312 e. The molecule has 1 heteroatoms. The van der Waals surface area contributed by atoms with Crippen molar-refractivity contribution < 1.29 is 0 Å². The molecule has 0 aliphatic carbocycles. The highest BCUT2D eigenvalue weighted by molar-refractivity contribution is 5.79. The summed E-state index contributed by atoms with van der Waals surface area (Å²) in [6.45, 7) is 0. The molecule has 0 fully saturated rings. The Morgan fingerprint density at radius 2 is 1.25 bits per heavy atom. The number of para-hydroxylation sites is 1. The average Bonchev–Trinajstić information content (AvgIpc) is 3.20. The summed E-state index contributed by atoms with van der Waals surface area (Å²) in [5.74, 6) is 0. The van der Waals surface area contributed by atoms with Gasteiger partial charge in [-0.15, -0.1) is 0 Å². The lowest BCUT2D eigenvalue weighted by atomic mass is 10.0. The molecule has 0 spiro atoms. The highest BCUT2D eigenvalue weighted by atomic mass is 15.0. The van der Waals surface area contributed by atoms with E-state index in [2.05, 4.69) is 95.6 Å². The molecule has 1 aromatic heterocycles. The first-order valence-electron chi connectivity index (χ1n) is 8.35. The molecule has 1 nitrogen and oxygen atoms in total. The number of nitrogens with zero attached hydrogens (tertiary/aromatic N) is 1. The molecular weight excluding hydrogens is 290 g/mol. The van der Waals surface area contributed by atoms with Crippen molar-refractivity contribution in [2.75, 3.05) is 0 Å². The monoisotopic (exact) mass is 307 g/mol. The largest absolute Gasteiger partial charge is 0.312 e. The Morgan fingerprint density at radius 1 is 0.625 bits per heavy atom. The Balaban J connectivity index is 1.81. The lowest BCUT2D eigenvalue weighted by molar-refractivity contribution is 1.06. The van der Waals surface area contributed by atoms with Gasteiger partial charge in [-0.25, -0.2) is 0 Å². The van der Waals surface area contributed by atoms with Gasteiger partial charge in [0.15, 0.2) is 0 Å². The van der Waals surface area contributed by atoms with Gasteiger partial charge >= 0.3 is 0 Å². The third kappa shape index (κ3) is 1.95. The van der Waals surface area contributed by atoms with Crippen LogP contribution in [0.1, 0.15) is 11.3 Å². The van der Waals surface area contributed by atoms with Crippen molar-refractivity contribution in [3.63, 3.8) is 0 Å². The number of hydrogen-bond donors (Lipinski definition) is 0. The van der Waals surface area contributed by atoms with E-state index >= 15 is 0 Å². The van der Waals surface area contributed by atoms with Crippen molar-refractivity contribution in [3.05, 3.63) is 102 Å². The first-order valence-corrected chi connectivity index (χ1v) is 8.35. The predicted octanol–water partition coefficient (Wildman–Crippen LogP) is 5.72. The molecule has 0 saturated carbocycles. The van der Waals surface area contributed by atoms with Crippen molar-refractivity contribution in [1.82, 2.24) is 4.57 Å². The molecule has 0 bridgehead atoms. The SMILES string of the molecule is c1ccc(-c2cc(-c3ccccc3)n3c2Cc2ccccc2-3)cc1. The van der Waals surface area contributed by atoms with Crippen LogP contribution < -0.4 is 0 Å². The third-order valence-electron chi connectivity index (χ3n) is 4.85. The second-order valence-corrected chi connectivity index (χ2v) is 6.26. The molecule has 2 heterocycles. The number of benzene rings is 3. The molecule has 5 rings (SSSR count). The minimum absolute atomic E-state index is 0.993. The van der Waals surface area contributed by atoms with Gasteiger partial charge in [-0.1, -0.05) is 78.9 Å². The summed E-state index contributed by atoms with van der Waals surface area (Å²) in [6, 6.07) is 32.5. The molecule has 24 heavy (non-hydrogen) atoms. The van der Waals surface area contributed by atoms with E-state index in [1.165, 1.54) is 39.3 Å². The fourth-order valence-electron chi connectivity index (χ4n) is 3.75. The van der Waals surface area contributed by atoms with Gasteiger partial charge < -0.3 is 4.57 Å². The molecule has 0 radical (unpaired) electrons. The van der Waals surface area contributed by atoms with Gasteiger partial charge in [-0.2, -0.15) is 0 Å². The summed E-state index contributed by atoms with van der Waals surface area (Å²) in [5.41, 5.74) is 9.27. The Kier molecular flexibility index (Phi) is 2.92. The summed E-state index contributed by atoms with van der Waals surface area (Å²) in [7, 11) is 0. The number of rotatable bonds is 2. The summed E-state index contributed by atoms with van der Waals surface area (Å²) >= 11 is 0. The van der Waals surface area contributed by atoms with Crippen LogP contribution in [0, 0.1) is 0 Å². The van der Waals surface area contributed by atoms with Crippen LogP contribution in [-0.2, 0) is 6.42 Å². The second kappa shape index (κ2) is 5.24. The number of fused-ring (bicyclic) bond motifs is 3. The number of aromatic nitrogens is 1. The van der Waals surface area contributed by atoms with E-state index in [1.54, 1.807) is 0 Å². The molecule has 1 aliphatic rings. The maximum absolute atomic E-state index is 2.44. The first kappa shape index (κ1) is 13.4. The van der Waals surface area contributed by atoms with Gasteiger partial charge in [0, 0.05) is 23.4 Å². The van der Waals surface area contributed by atoms with Crippen LogP contribution in [0.5, 0.6) is 0 Å². The zero-order valence-electron chi connectivity index (χ0n) is 13.3. The Hall–Kier alpha value is -3.06. The van der Waals surface area contributed by atoms with Gasteiger partial charge in [0.05, 0.1) is 5.69 Å². The quantitative estimate of drug-likeness (QED) is 0.393. The summed E-state index contributed by atoms with van der Waals surface area (Å²) in [6.07, 6.45) is 0.993.